The average molecular weight is 332 g/mol. The van der Waals surface area contributed by atoms with Gasteiger partial charge in [-0.2, -0.15) is 0 Å². The molecule has 0 spiro atoms. The number of benzene rings is 2. The van der Waals surface area contributed by atoms with Gasteiger partial charge in [-0.3, -0.25) is 4.79 Å². The van der Waals surface area contributed by atoms with Crippen molar-refractivity contribution in [2.24, 2.45) is 0 Å². The molecule has 2 aromatic rings. The van der Waals surface area contributed by atoms with Crippen molar-refractivity contribution in [3.05, 3.63) is 70.2 Å². The fourth-order valence-corrected chi connectivity index (χ4v) is 2.14. The van der Waals surface area contributed by atoms with Crippen LogP contribution in [0.5, 0.6) is 0 Å². The van der Waals surface area contributed by atoms with Gasteiger partial charge in [0.15, 0.2) is 5.78 Å². The van der Waals surface area contributed by atoms with Gasteiger partial charge in [0.25, 0.3) is 0 Å². The third-order valence-corrected chi connectivity index (χ3v) is 3.52. The molecule has 0 atom stereocenters. The van der Waals surface area contributed by atoms with Gasteiger partial charge in [-0.05, 0) is 44.4 Å². The van der Waals surface area contributed by atoms with Crippen molar-refractivity contribution >= 4 is 23.4 Å². The molecule has 0 N–H and O–H groups in total. The van der Waals surface area contributed by atoms with E-state index in [1.807, 2.05) is 19.0 Å². The zero-order valence-electron chi connectivity index (χ0n) is 13.1. The Hall–Kier alpha value is -2.17. The molecule has 0 aliphatic heterocycles. The summed E-state index contributed by atoms with van der Waals surface area (Å²) in [6, 6.07) is 13.2. The lowest BCUT2D eigenvalue weighted by molar-refractivity contribution is 0.0479. The largest absolute Gasteiger partial charge is 0.461 e. The number of ether oxygens (including phenoxy) is 1. The SMILES string of the molecule is CN(C)CCOC(=O)c1ccccc1C(=O)c1ccc(Cl)cc1. The molecule has 0 amide bonds. The molecule has 120 valence electrons. The van der Waals surface area contributed by atoms with Crippen LogP contribution in [0.1, 0.15) is 26.3 Å². The summed E-state index contributed by atoms with van der Waals surface area (Å²) in [4.78, 5) is 26.7. The molecule has 0 unspecified atom stereocenters. The zero-order chi connectivity index (χ0) is 16.8. The van der Waals surface area contributed by atoms with Gasteiger partial charge in [0, 0.05) is 22.7 Å². The number of carbonyl (C=O) groups is 2. The number of hydrogen-bond donors (Lipinski definition) is 0. The first-order chi connectivity index (χ1) is 11.0. The number of halogens is 1. The summed E-state index contributed by atoms with van der Waals surface area (Å²) in [5, 5.41) is 0.554. The molecule has 0 saturated carbocycles. The molecule has 0 saturated heterocycles. The molecule has 0 radical (unpaired) electrons. The number of carbonyl (C=O) groups excluding carboxylic acids is 2. The molecule has 0 aliphatic carbocycles. The summed E-state index contributed by atoms with van der Waals surface area (Å²) in [6.07, 6.45) is 0. The molecule has 5 heteroatoms. The van der Waals surface area contributed by atoms with Crippen LogP contribution in [0.15, 0.2) is 48.5 Å². The van der Waals surface area contributed by atoms with E-state index in [9.17, 15) is 9.59 Å². The smallest absolute Gasteiger partial charge is 0.338 e. The lowest BCUT2D eigenvalue weighted by Crippen LogP contribution is -2.21. The minimum Gasteiger partial charge on any atom is -0.461 e. The lowest BCUT2D eigenvalue weighted by atomic mass is 9.98. The van der Waals surface area contributed by atoms with Crippen LogP contribution in [0.25, 0.3) is 0 Å². The van der Waals surface area contributed by atoms with Crippen molar-refractivity contribution in [3.8, 4) is 0 Å². The summed E-state index contributed by atoms with van der Waals surface area (Å²) in [7, 11) is 3.79. The first-order valence-electron chi connectivity index (χ1n) is 7.20. The normalized spacial score (nSPS) is 10.6. The van der Waals surface area contributed by atoms with Gasteiger partial charge in [0.2, 0.25) is 0 Å². The van der Waals surface area contributed by atoms with Crippen molar-refractivity contribution in [2.75, 3.05) is 27.2 Å². The number of nitrogens with zero attached hydrogens (tertiary/aromatic N) is 1. The van der Waals surface area contributed by atoms with Crippen LogP contribution in [0.4, 0.5) is 0 Å². The molecular weight excluding hydrogens is 314 g/mol. The number of ketones is 1. The van der Waals surface area contributed by atoms with Gasteiger partial charge in [-0.1, -0.05) is 29.8 Å². The Labute approximate surface area is 140 Å². The van der Waals surface area contributed by atoms with Crippen LogP contribution in [0, 0.1) is 0 Å². The van der Waals surface area contributed by atoms with Crippen molar-refractivity contribution in [3.63, 3.8) is 0 Å². The fourth-order valence-electron chi connectivity index (χ4n) is 2.01. The van der Waals surface area contributed by atoms with E-state index < -0.39 is 5.97 Å². The first kappa shape index (κ1) is 17.2. The minimum atomic E-state index is -0.496. The molecule has 4 nitrogen and oxygen atoms in total. The second-order valence-electron chi connectivity index (χ2n) is 5.32. The van der Waals surface area contributed by atoms with Crippen LogP contribution in [-0.4, -0.2) is 43.9 Å². The van der Waals surface area contributed by atoms with E-state index in [1.54, 1.807) is 48.5 Å². The maximum atomic E-state index is 12.6. The van der Waals surface area contributed by atoms with E-state index in [-0.39, 0.29) is 18.0 Å². The molecule has 0 aromatic heterocycles. The predicted molar refractivity (Wildman–Crippen MR) is 90.2 cm³/mol. The number of likely N-dealkylation sites (N-methyl/N-ethyl adjacent to an activating group) is 1. The van der Waals surface area contributed by atoms with E-state index >= 15 is 0 Å². The quantitative estimate of drug-likeness (QED) is 0.602. The highest BCUT2D eigenvalue weighted by Gasteiger charge is 2.19. The summed E-state index contributed by atoms with van der Waals surface area (Å²) in [6.45, 7) is 0.897. The number of esters is 1. The Kier molecular flexibility index (Phi) is 5.90. The van der Waals surface area contributed by atoms with Crippen molar-refractivity contribution in [2.45, 2.75) is 0 Å². The highest BCUT2D eigenvalue weighted by Crippen LogP contribution is 2.17. The maximum Gasteiger partial charge on any atom is 0.338 e. The van der Waals surface area contributed by atoms with Crippen molar-refractivity contribution in [1.82, 2.24) is 4.90 Å². The molecule has 2 aromatic carbocycles. The second kappa shape index (κ2) is 7.90. The van der Waals surface area contributed by atoms with Crippen molar-refractivity contribution in [1.29, 1.82) is 0 Å². The van der Waals surface area contributed by atoms with Gasteiger partial charge in [-0.25, -0.2) is 4.79 Å². The van der Waals surface area contributed by atoms with Crippen LogP contribution in [0.2, 0.25) is 5.02 Å². The number of hydrogen-bond acceptors (Lipinski definition) is 4. The maximum absolute atomic E-state index is 12.6. The molecular formula is C18H18ClNO3. The molecule has 0 bridgehead atoms. The first-order valence-corrected chi connectivity index (χ1v) is 7.58. The van der Waals surface area contributed by atoms with E-state index in [4.69, 9.17) is 16.3 Å². The van der Waals surface area contributed by atoms with Crippen LogP contribution in [0.3, 0.4) is 0 Å². The monoisotopic (exact) mass is 331 g/mol. The van der Waals surface area contributed by atoms with E-state index in [2.05, 4.69) is 0 Å². The Morgan fingerprint density at radius 2 is 1.61 bits per heavy atom. The Morgan fingerprint density at radius 3 is 2.22 bits per heavy atom. The van der Waals surface area contributed by atoms with E-state index in [1.165, 1.54) is 0 Å². The molecule has 23 heavy (non-hydrogen) atoms. The van der Waals surface area contributed by atoms with Crippen LogP contribution >= 0.6 is 11.6 Å². The molecule has 0 fully saturated rings. The number of rotatable bonds is 6. The highest BCUT2D eigenvalue weighted by atomic mass is 35.5. The fraction of sp³-hybridized carbons (Fsp3) is 0.222. The highest BCUT2D eigenvalue weighted by molar-refractivity contribution is 6.30. The predicted octanol–water partition coefficient (Wildman–Crippen LogP) is 3.29. The summed E-state index contributed by atoms with van der Waals surface area (Å²) in [5.41, 5.74) is 1.07. The van der Waals surface area contributed by atoms with E-state index in [0.29, 0.717) is 22.7 Å². The van der Waals surface area contributed by atoms with Gasteiger partial charge in [0.1, 0.15) is 6.61 Å². The molecule has 0 heterocycles. The van der Waals surface area contributed by atoms with E-state index in [0.717, 1.165) is 0 Å². The standard InChI is InChI=1S/C18H18ClNO3/c1-20(2)11-12-23-18(22)16-6-4-3-5-15(16)17(21)13-7-9-14(19)10-8-13/h3-10H,11-12H2,1-2H3. The Bertz CT molecular complexity index is 696. The third-order valence-electron chi connectivity index (χ3n) is 3.27. The van der Waals surface area contributed by atoms with Crippen LogP contribution < -0.4 is 0 Å². The minimum absolute atomic E-state index is 0.234. The lowest BCUT2D eigenvalue weighted by Gasteiger charge is -2.11. The topological polar surface area (TPSA) is 46.6 Å². The van der Waals surface area contributed by atoms with Gasteiger partial charge >= 0.3 is 5.97 Å². The summed E-state index contributed by atoms with van der Waals surface area (Å²) < 4.78 is 5.23. The van der Waals surface area contributed by atoms with Gasteiger partial charge in [0.05, 0.1) is 5.56 Å². The average Bonchev–Trinajstić information content (AvgIpc) is 2.54. The Balaban J connectivity index is 2.21. The van der Waals surface area contributed by atoms with Crippen LogP contribution in [-0.2, 0) is 4.74 Å². The zero-order valence-corrected chi connectivity index (χ0v) is 13.8. The summed E-state index contributed by atoms with van der Waals surface area (Å²) in [5.74, 6) is -0.730. The van der Waals surface area contributed by atoms with Gasteiger partial charge < -0.3 is 9.64 Å². The van der Waals surface area contributed by atoms with Gasteiger partial charge in [-0.15, -0.1) is 0 Å². The molecule has 0 aliphatic rings. The molecule has 2 rings (SSSR count). The summed E-state index contributed by atoms with van der Waals surface area (Å²) >= 11 is 5.84. The Morgan fingerprint density at radius 1 is 1.00 bits per heavy atom. The van der Waals surface area contributed by atoms with Crippen molar-refractivity contribution < 1.29 is 14.3 Å². The third kappa shape index (κ3) is 4.65. The second-order valence-corrected chi connectivity index (χ2v) is 5.76.